The molecule has 0 atom stereocenters. The van der Waals surface area contributed by atoms with Gasteiger partial charge in [-0.3, -0.25) is 10.4 Å². The monoisotopic (exact) mass is 390 g/mol. The minimum absolute atomic E-state index is 0.780. The molecule has 0 radical (unpaired) electrons. The van der Waals surface area contributed by atoms with E-state index in [-0.39, 0.29) is 0 Å². The lowest BCUT2D eigenvalue weighted by Gasteiger charge is -2.02. The number of halogens is 1. The van der Waals surface area contributed by atoms with E-state index in [4.69, 9.17) is 4.42 Å². The molecule has 0 saturated carbocycles. The number of anilines is 1. The van der Waals surface area contributed by atoms with Gasteiger partial charge in [0.1, 0.15) is 3.70 Å². The van der Waals surface area contributed by atoms with Gasteiger partial charge in [0.2, 0.25) is 0 Å². The van der Waals surface area contributed by atoms with Gasteiger partial charge in [0.15, 0.2) is 12.2 Å². The first-order valence-corrected chi connectivity index (χ1v) is 7.29. The summed E-state index contributed by atoms with van der Waals surface area (Å²) in [6, 6.07) is 11.6. The normalized spacial score (nSPS) is 10.9. The molecule has 5 nitrogen and oxygen atoms in total. The third-order valence-corrected chi connectivity index (χ3v) is 3.55. The van der Waals surface area contributed by atoms with Crippen molar-refractivity contribution in [1.29, 1.82) is 0 Å². The molecule has 0 spiro atoms. The van der Waals surface area contributed by atoms with Crippen LogP contribution in [0.2, 0.25) is 0 Å². The van der Waals surface area contributed by atoms with Crippen molar-refractivity contribution >= 4 is 34.5 Å². The van der Waals surface area contributed by atoms with Crippen LogP contribution in [-0.4, -0.2) is 16.2 Å². The highest BCUT2D eigenvalue weighted by molar-refractivity contribution is 14.1. The second kappa shape index (κ2) is 6.49. The maximum absolute atomic E-state index is 5.35. The summed E-state index contributed by atoms with van der Waals surface area (Å²) in [4.78, 5) is 8.03. The summed E-state index contributed by atoms with van der Waals surface area (Å²) in [5, 5.41) is 4.18. The first-order valence-electron chi connectivity index (χ1n) is 6.21. The molecule has 3 aromatic rings. The molecule has 2 heterocycles. The summed E-state index contributed by atoms with van der Waals surface area (Å²) in [6.07, 6.45) is 6.65. The van der Waals surface area contributed by atoms with E-state index in [9.17, 15) is 0 Å². The summed E-state index contributed by atoms with van der Waals surface area (Å²) in [5.41, 5.74) is 5.86. The van der Waals surface area contributed by atoms with Gasteiger partial charge in [-0.05, 0) is 64.6 Å². The Bertz CT molecular complexity index is 738. The highest BCUT2D eigenvalue weighted by atomic mass is 127. The molecule has 3 rings (SSSR count). The molecule has 1 N–H and O–H groups in total. The van der Waals surface area contributed by atoms with Gasteiger partial charge < -0.3 is 4.42 Å². The van der Waals surface area contributed by atoms with E-state index >= 15 is 0 Å². The molecule has 0 bridgehead atoms. The highest BCUT2D eigenvalue weighted by Crippen LogP contribution is 2.25. The molecule has 2 aromatic heterocycles. The molecule has 0 saturated heterocycles. The van der Waals surface area contributed by atoms with Crippen molar-refractivity contribution in [2.75, 3.05) is 5.43 Å². The fraction of sp³-hybridized carbons (Fsp3) is 0. The standard InChI is InChI=1S/C15H11IN4O/c16-15-14(21-10-18-15)12-1-3-13(4-2-12)20-19-9-11-5-7-17-8-6-11/h1-10,20H/b19-9+. The van der Waals surface area contributed by atoms with Crippen molar-refractivity contribution < 1.29 is 4.42 Å². The molecular weight excluding hydrogens is 379 g/mol. The zero-order chi connectivity index (χ0) is 14.5. The lowest BCUT2D eigenvalue weighted by Crippen LogP contribution is -1.90. The van der Waals surface area contributed by atoms with Crippen molar-refractivity contribution in [3.8, 4) is 11.3 Å². The fourth-order valence-corrected chi connectivity index (χ4v) is 2.30. The van der Waals surface area contributed by atoms with Crippen LogP contribution in [0.25, 0.3) is 11.3 Å². The minimum Gasteiger partial charge on any atom is -0.442 e. The van der Waals surface area contributed by atoms with E-state index in [1.165, 1.54) is 6.39 Å². The van der Waals surface area contributed by atoms with Crippen LogP contribution in [0.4, 0.5) is 5.69 Å². The summed E-state index contributed by atoms with van der Waals surface area (Å²) in [6.45, 7) is 0. The molecule has 6 heteroatoms. The quantitative estimate of drug-likeness (QED) is 0.418. The number of rotatable bonds is 4. The summed E-state index contributed by atoms with van der Waals surface area (Å²) >= 11 is 2.15. The molecule has 0 fully saturated rings. The first-order chi connectivity index (χ1) is 10.3. The Hall–Kier alpha value is -2.22. The van der Waals surface area contributed by atoms with Crippen LogP contribution in [0.1, 0.15) is 5.56 Å². The van der Waals surface area contributed by atoms with Crippen molar-refractivity contribution in [2.45, 2.75) is 0 Å². The van der Waals surface area contributed by atoms with E-state index in [0.29, 0.717) is 0 Å². The smallest absolute Gasteiger partial charge is 0.182 e. The zero-order valence-corrected chi connectivity index (χ0v) is 13.1. The second-order valence-electron chi connectivity index (χ2n) is 4.20. The van der Waals surface area contributed by atoms with Crippen LogP contribution in [0.3, 0.4) is 0 Å². The Morgan fingerprint density at radius 1 is 1.10 bits per heavy atom. The Morgan fingerprint density at radius 3 is 2.52 bits per heavy atom. The van der Waals surface area contributed by atoms with E-state index in [1.54, 1.807) is 18.6 Å². The van der Waals surface area contributed by atoms with E-state index < -0.39 is 0 Å². The number of nitrogens with zero attached hydrogens (tertiary/aromatic N) is 3. The average molecular weight is 390 g/mol. The van der Waals surface area contributed by atoms with Crippen molar-refractivity contribution in [1.82, 2.24) is 9.97 Å². The second-order valence-corrected chi connectivity index (χ2v) is 5.22. The SMILES string of the molecule is Ic1ncoc1-c1ccc(N/N=C/c2ccncc2)cc1. The van der Waals surface area contributed by atoms with E-state index in [1.807, 2.05) is 36.4 Å². The Morgan fingerprint density at radius 2 is 1.86 bits per heavy atom. The number of aromatic nitrogens is 2. The summed E-state index contributed by atoms with van der Waals surface area (Å²) < 4.78 is 6.21. The van der Waals surface area contributed by atoms with Crippen molar-refractivity contribution in [3.63, 3.8) is 0 Å². The van der Waals surface area contributed by atoms with Crippen molar-refractivity contribution in [2.24, 2.45) is 5.10 Å². The number of hydrazone groups is 1. The maximum Gasteiger partial charge on any atom is 0.182 e. The Labute approximate surface area is 135 Å². The van der Waals surface area contributed by atoms with Crippen LogP contribution in [0, 0.1) is 3.70 Å². The third-order valence-electron chi connectivity index (χ3n) is 2.78. The fourth-order valence-electron chi connectivity index (χ4n) is 1.75. The van der Waals surface area contributed by atoms with Gasteiger partial charge >= 0.3 is 0 Å². The number of hydrogen-bond acceptors (Lipinski definition) is 5. The molecule has 0 aliphatic carbocycles. The van der Waals surface area contributed by atoms with Crippen molar-refractivity contribution in [3.05, 3.63) is 64.4 Å². The third kappa shape index (κ3) is 3.46. The summed E-state index contributed by atoms with van der Waals surface area (Å²) in [7, 11) is 0. The minimum atomic E-state index is 0.780. The molecule has 0 amide bonds. The lowest BCUT2D eigenvalue weighted by molar-refractivity contribution is 0.571. The van der Waals surface area contributed by atoms with Gasteiger partial charge in [0.05, 0.1) is 11.9 Å². The average Bonchev–Trinajstić information content (AvgIpc) is 2.95. The molecule has 0 aliphatic heterocycles. The summed E-state index contributed by atoms with van der Waals surface area (Å²) in [5.74, 6) is 0.780. The van der Waals surface area contributed by atoms with Gasteiger partial charge in [0, 0.05) is 18.0 Å². The maximum atomic E-state index is 5.35. The van der Waals surface area contributed by atoms with Gasteiger partial charge in [-0.25, -0.2) is 4.98 Å². The molecule has 0 unspecified atom stereocenters. The first kappa shape index (κ1) is 13.7. The molecular formula is C15H11IN4O. The van der Waals surface area contributed by atoms with Crippen LogP contribution >= 0.6 is 22.6 Å². The topological polar surface area (TPSA) is 63.3 Å². The molecule has 0 aliphatic rings. The Kier molecular flexibility index (Phi) is 4.25. The van der Waals surface area contributed by atoms with Crippen LogP contribution in [0.15, 0.2) is 64.7 Å². The highest BCUT2D eigenvalue weighted by Gasteiger charge is 2.07. The number of pyridine rings is 1. The van der Waals surface area contributed by atoms with E-state index in [2.05, 4.69) is 43.1 Å². The van der Waals surface area contributed by atoms with Gasteiger partial charge in [-0.1, -0.05) is 0 Å². The predicted molar refractivity (Wildman–Crippen MR) is 90.1 cm³/mol. The Balaban J connectivity index is 1.68. The number of oxazole rings is 1. The largest absolute Gasteiger partial charge is 0.442 e. The van der Waals surface area contributed by atoms with Crippen LogP contribution < -0.4 is 5.43 Å². The molecule has 104 valence electrons. The predicted octanol–water partition coefficient (Wildman–Crippen LogP) is 3.79. The zero-order valence-electron chi connectivity index (χ0n) is 10.9. The molecule has 21 heavy (non-hydrogen) atoms. The van der Waals surface area contributed by atoms with Crippen LogP contribution in [-0.2, 0) is 0 Å². The van der Waals surface area contributed by atoms with E-state index in [0.717, 1.165) is 26.3 Å². The number of nitrogens with one attached hydrogen (secondary N) is 1. The molecule has 1 aromatic carbocycles. The number of hydrogen-bond donors (Lipinski definition) is 1. The van der Waals surface area contributed by atoms with Gasteiger partial charge in [-0.15, -0.1) is 0 Å². The van der Waals surface area contributed by atoms with Gasteiger partial charge in [0.25, 0.3) is 0 Å². The van der Waals surface area contributed by atoms with Crippen LogP contribution in [0.5, 0.6) is 0 Å². The van der Waals surface area contributed by atoms with Gasteiger partial charge in [-0.2, -0.15) is 5.10 Å². The number of benzene rings is 1. The lowest BCUT2D eigenvalue weighted by atomic mass is 10.2.